The number of primary amides is 1. The first-order chi connectivity index (χ1) is 7.29. The largest absolute Gasteiger partial charge is 0.366 e. The summed E-state index contributed by atoms with van der Waals surface area (Å²) in [6.45, 7) is 7.84. The fourth-order valence-electron chi connectivity index (χ4n) is 0.719. The van der Waals surface area contributed by atoms with Gasteiger partial charge in [0.25, 0.3) is 0 Å². The van der Waals surface area contributed by atoms with E-state index in [4.69, 9.17) is 0 Å². The number of nitrogens with two attached hydrogens (primary N) is 1. The Balaban J connectivity index is 0. The molecular formula is C11H23N3O2. The van der Waals surface area contributed by atoms with Crippen LogP contribution in [0.2, 0.25) is 0 Å². The van der Waals surface area contributed by atoms with Crippen molar-refractivity contribution < 1.29 is 9.59 Å². The van der Waals surface area contributed by atoms with E-state index < -0.39 is 5.91 Å². The summed E-state index contributed by atoms with van der Waals surface area (Å²) in [5.41, 5.74) is 4.53. The van der Waals surface area contributed by atoms with Crippen molar-refractivity contribution in [1.29, 1.82) is 0 Å². The van der Waals surface area contributed by atoms with Crippen molar-refractivity contribution >= 4 is 11.8 Å². The molecule has 0 aromatic heterocycles. The molecular weight excluding hydrogens is 206 g/mol. The summed E-state index contributed by atoms with van der Waals surface area (Å²) in [5.74, 6) is -0.348. The lowest BCUT2D eigenvalue weighted by atomic mass is 10.3. The Kier molecular flexibility index (Phi) is 10.8. The second kappa shape index (κ2) is 10.2. The van der Waals surface area contributed by atoms with E-state index in [9.17, 15) is 9.59 Å². The van der Waals surface area contributed by atoms with E-state index in [2.05, 4.69) is 17.6 Å². The minimum Gasteiger partial charge on any atom is -0.366 e. The Hall–Kier alpha value is -1.36. The van der Waals surface area contributed by atoms with Crippen LogP contribution in [0.3, 0.4) is 0 Å². The van der Waals surface area contributed by atoms with Crippen molar-refractivity contribution in [2.24, 2.45) is 5.73 Å². The molecule has 0 spiro atoms. The number of carbonyl (C=O) groups is 2. The van der Waals surface area contributed by atoms with Gasteiger partial charge in [0.2, 0.25) is 11.8 Å². The van der Waals surface area contributed by atoms with Crippen LogP contribution in [-0.4, -0.2) is 43.4 Å². The number of nitrogens with one attached hydrogen (secondary N) is 1. The molecule has 0 saturated carbocycles. The summed E-state index contributed by atoms with van der Waals surface area (Å²) >= 11 is 0. The lowest BCUT2D eigenvalue weighted by molar-refractivity contribution is -0.121. The molecule has 0 rings (SSSR count). The highest BCUT2D eigenvalue weighted by Gasteiger charge is 2.02. The van der Waals surface area contributed by atoms with Gasteiger partial charge in [0.15, 0.2) is 0 Å². The van der Waals surface area contributed by atoms with E-state index in [0.29, 0.717) is 6.42 Å². The normalized spacial score (nSPS) is 9.38. The Morgan fingerprint density at radius 3 is 2.12 bits per heavy atom. The smallest absolute Gasteiger partial charge is 0.240 e. The molecule has 0 bridgehead atoms. The van der Waals surface area contributed by atoms with Crippen LogP contribution in [0.5, 0.6) is 0 Å². The summed E-state index contributed by atoms with van der Waals surface area (Å²) in [4.78, 5) is 22.5. The van der Waals surface area contributed by atoms with Crippen LogP contribution < -0.4 is 11.1 Å². The average molecular weight is 229 g/mol. The summed E-state index contributed by atoms with van der Waals surface area (Å²) in [6, 6.07) is 0.254. The predicted octanol–water partition coefficient (Wildman–Crippen LogP) is 0.120. The summed E-state index contributed by atoms with van der Waals surface area (Å²) in [7, 11) is 3.92. The third kappa shape index (κ3) is 18.4. The lowest BCUT2D eigenvalue weighted by Crippen LogP contribution is -2.32. The Morgan fingerprint density at radius 2 is 1.88 bits per heavy atom. The molecule has 0 aromatic rings. The standard InChI is InChI=1S/C8H18N2O.C3H5NO/c1-7(2)9-8(11)5-6-10(3)4;1-2-3(4)5/h7H,5-6H2,1-4H3,(H,9,11);2H,1H2,(H2,4,5). The third-order valence-electron chi connectivity index (χ3n) is 1.44. The maximum Gasteiger partial charge on any atom is 0.240 e. The summed E-state index contributed by atoms with van der Waals surface area (Å²) < 4.78 is 0. The second-order valence-corrected chi connectivity index (χ2v) is 3.88. The van der Waals surface area contributed by atoms with Crippen LogP contribution in [0, 0.1) is 0 Å². The van der Waals surface area contributed by atoms with E-state index in [1.165, 1.54) is 0 Å². The van der Waals surface area contributed by atoms with Crippen molar-refractivity contribution in [3.05, 3.63) is 12.7 Å². The van der Waals surface area contributed by atoms with E-state index >= 15 is 0 Å². The van der Waals surface area contributed by atoms with Gasteiger partial charge in [0, 0.05) is 19.0 Å². The molecule has 0 aliphatic rings. The molecule has 5 nitrogen and oxygen atoms in total. The highest BCUT2D eigenvalue weighted by Crippen LogP contribution is 1.85. The van der Waals surface area contributed by atoms with Crippen LogP contribution in [-0.2, 0) is 9.59 Å². The first-order valence-electron chi connectivity index (χ1n) is 5.15. The molecule has 16 heavy (non-hydrogen) atoms. The maximum atomic E-state index is 11.0. The summed E-state index contributed by atoms with van der Waals surface area (Å²) in [6.07, 6.45) is 1.64. The molecule has 0 heterocycles. The zero-order valence-corrected chi connectivity index (χ0v) is 10.6. The number of rotatable bonds is 5. The summed E-state index contributed by atoms with van der Waals surface area (Å²) in [5, 5.41) is 2.83. The van der Waals surface area contributed by atoms with E-state index in [-0.39, 0.29) is 11.9 Å². The van der Waals surface area contributed by atoms with Crippen molar-refractivity contribution in [3.63, 3.8) is 0 Å². The van der Waals surface area contributed by atoms with Crippen LogP contribution in [0.4, 0.5) is 0 Å². The topological polar surface area (TPSA) is 75.4 Å². The van der Waals surface area contributed by atoms with Gasteiger partial charge in [-0.15, -0.1) is 0 Å². The average Bonchev–Trinajstić information content (AvgIpc) is 2.14. The first-order valence-corrected chi connectivity index (χ1v) is 5.15. The van der Waals surface area contributed by atoms with Crippen molar-refractivity contribution in [1.82, 2.24) is 10.2 Å². The highest BCUT2D eigenvalue weighted by atomic mass is 16.1. The molecule has 0 aliphatic heterocycles. The predicted molar refractivity (Wildman–Crippen MR) is 65.8 cm³/mol. The van der Waals surface area contributed by atoms with E-state index in [1.54, 1.807) is 0 Å². The van der Waals surface area contributed by atoms with Gasteiger partial charge in [-0.2, -0.15) is 0 Å². The molecule has 0 aromatic carbocycles. The number of amides is 2. The third-order valence-corrected chi connectivity index (χ3v) is 1.44. The van der Waals surface area contributed by atoms with Crippen LogP contribution in [0.1, 0.15) is 20.3 Å². The van der Waals surface area contributed by atoms with Gasteiger partial charge in [-0.05, 0) is 34.0 Å². The molecule has 2 amide bonds. The van der Waals surface area contributed by atoms with Gasteiger partial charge in [-0.3, -0.25) is 9.59 Å². The Morgan fingerprint density at radius 1 is 1.44 bits per heavy atom. The van der Waals surface area contributed by atoms with Crippen molar-refractivity contribution in [3.8, 4) is 0 Å². The van der Waals surface area contributed by atoms with Gasteiger partial charge < -0.3 is 16.0 Å². The minimum atomic E-state index is -0.481. The molecule has 0 fully saturated rings. The van der Waals surface area contributed by atoms with Crippen LogP contribution in [0.15, 0.2) is 12.7 Å². The molecule has 0 radical (unpaired) electrons. The lowest BCUT2D eigenvalue weighted by Gasteiger charge is -2.11. The zero-order chi connectivity index (χ0) is 13.1. The molecule has 0 atom stereocenters. The maximum absolute atomic E-state index is 11.0. The molecule has 5 heteroatoms. The van der Waals surface area contributed by atoms with Crippen LogP contribution >= 0.6 is 0 Å². The Labute approximate surface area is 97.7 Å². The van der Waals surface area contributed by atoms with E-state index in [1.807, 2.05) is 32.8 Å². The van der Waals surface area contributed by atoms with Crippen LogP contribution in [0.25, 0.3) is 0 Å². The quantitative estimate of drug-likeness (QED) is 0.657. The van der Waals surface area contributed by atoms with Gasteiger partial charge in [0.1, 0.15) is 0 Å². The number of hydrogen-bond acceptors (Lipinski definition) is 3. The fourth-order valence-corrected chi connectivity index (χ4v) is 0.719. The second-order valence-electron chi connectivity index (χ2n) is 3.88. The van der Waals surface area contributed by atoms with Gasteiger partial charge >= 0.3 is 0 Å². The van der Waals surface area contributed by atoms with Crippen molar-refractivity contribution in [2.45, 2.75) is 26.3 Å². The molecule has 0 saturated heterocycles. The SMILES string of the molecule is C=CC(N)=O.CC(C)NC(=O)CCN(C)C. The first kappa shape index (κ1) is 17.0. The zero-order valence-electron chi connectivity index (χ0n) is 10.6. The van der Waals surface area contributed by atoms with Crippen molar-refractivity contribution in [2.75, 3.05) is 20.6 Å². The number of nitrogens with zero attached hydrogens (tertiary/aromatic N) is 1. The molecule has 3 N–H and O–H groups in total. The molecule has 0 unspecified atom stereocenters. The minimum absolute atomic E-state index is 0.133. The van der Waals surface area contributed by atoms with Gasteiger partial charge in [-0.1, -0.05) is 6.58 Å². The monoisotopic (exact) mass is 229 g/mol. The van der Waals surface area contributed by atoms with Gasteiger partial charge in [-0.25, -0.2) is 0 Å². The molecule has 94 valence electrons. The highest BCUT2D eigenvalue weighted by molar-refractivity contribution is 5.84. The van der Waals surface area contributed by atoms with Gasteiger partial charge in [0.05, 0.1) is 0 Å². The number of hydrogen-bond donors (Lipinski definition) is 2. The molecule has 0 aliphatic carbocycles. The van der Waals surface area contributed by atoms with E-state index in [0.717, 1.165) is 12.6 Å². The Bertz CT molecular complexity index is 225. The number of carbonyl (C=O) groups excluding carboxylic acids is 2. The fraction of sp³-hybridized carbons (Fsp3) is 0.636.